The number of rotatable bonds is 24. The lowest BCUT2D eigenvalue weighted by atomic mass is 10.1. The number of anilines is 3. The van der Waals surface area contributed by atoms with Crippen LogP contribution in [0.25, 0.3) is 0 Å². The third-order valence-corrected chi connectivity index (χ3v) is 10.2. The molecule has 0 aliphatic heterocycles. The van der Waals surface area contributed by atoms with Gasteiger partial charge in [0.2, 0.25) is 23.6 Å². The number of amides is 8. The number of nitrogens with two attached hydrogens (primary N) is 1. The van der Waals surface area contributed by atoms with Crippen LogP contribution < -0.4 is 53.6 Å². The van der Waals surface area contributed by atoms with Crippen LogP contribution in [0.4, 0.5) is 17.1 Å². The number of nitrogens with one attached hydrogen (secondary N) is 10. The molecule has 5 heterocycles. The maximum Gasteiger partial charge on any atom is 0.272 e. The fourth-order valence-electron chi connectivity index (χ4n) is 6.73. The number of hydrogen-bond acceptors (Lipinski definition) is 12. The molecule has 5 aromatic heterocycles. The molecule has 0 radical (unpaired) electrons. The van der Waals surface area contributed by atoms with Gasteiger partial charge in [-0.2, -0.15) is 0 Å². The standard InChI is InChI=1S/C44H58N16O8/c1-6-8-37(61)54-29-16-35(59(4)22-29)43(67)56-31-18-36(60(5)24-31)44(68)55-30-17-34(58(3)23-30)42(66)49-14-13-48-38(62)21-50-39(63)26(2)52-41(65)33(15-28-20-47-25-51-28)57-40(64)32-10-7-9-27(53-32)19-46-12-11-45/h7,9-10,16-18,20,22-26,33,46H,6,8,11-15,19,21,45H2,1-5H3,(H,47,51)(H,48,62)(H,49,66)(H,50,63)(H,52,65)(H,54,61)(H,55,68)(H,56,67)(H,57,64)/t26-,33-/m0/s1. The molecule has 0 unspecified atom stereocenters. The highest BCUT2D eigenvalue weighted by Crippen LogP contribution is 2.20. The van der Waals surface area contributed by atoms with Gasteiger partial charge in [0.25, 0.3) is 23.6 Å². The molecular weight excluding hydrogens is 881 g/mol. The molecule has 0 spiro atoms. The maximum absolute atomic E-state index is 13.4. The van der Waals surface area contributed by atoms with Crippen molar-refractivity contribution in [1.29, 1.82) is 0 Å². The van der Waals surface area contributed by atoms with E-state index in [0.29, 0.717) is 66.6 Å². The van der Waals surface area contributed by atoms with Gasteiger partial charge in [0, 0.05) is 97.2 Å². The third kappa shape index (κ3) is 14.7. The van der Waals surface area contributed by atoms with Gasteiger partial charge in [-0.3, -0.25) is 38.4 Å². The average Bonchev–Trinajstić information content (AvgIpc) is 4.11. The van der Waals surface area contributed by atoms with Crippen molar-refractivity contribution in [2.75, 3.05) is 48.7 Å². The summed E-state index contributed by atoms with van der Waals surface area (Å²) in [4.78, 5) is 115. The lowest BCUT2D eigenvalue weighted by Crippen LogP contribution is -2.54. The first-order chi connectivity index (χ1) is 32.5. The number of pyridine rings is 1. The second-order valence-corrected chi connectivity index (χ2v) is 15.7. The SMILES string of the molecule is CCCC(=O)Nc1cc(C(=O)Nc2cc(C(=O)Nc3cc(C(=O)NCCNC(=O)CNC(=O)[C@H](C)NC(=O)[C@H](Cc4cnc[nH]4)NC(=O)c4cccc(CNCCN)n4)n(C)c3)n(C)c2)n(C)c1. The second kappa shape index (κ2) is 24.4. The van der Waals surface area contributed by atoms with Crippen LogP contribution in [0.15, 0.2) is 67.5 Å². The van der Waals surface area contributed by atoms with Gasteiger partial charge in [-0.15, -0.1) is 0 Å². The Labute approximate surface area is 391 Å². The molecule has 0 aliphatic carbocycles. The van der Waals surface area contributed by atoms with Gasteiger partial charge in [-0.25, -0.2) is 9.97 Å². The number of H-pyrrole nitrogens is 1. The van der Waals surface area contributed by atoms with Crippen molar-refractivity contribution < 1.29 is 38.4 Å². The van der Waals surface area contributed by atoms with Crippen LogP contribution >= 0.6 is 0 Å². The smallest absolute Gasteiger partial charge is 0.272 e. The molecule has 0 fully saturated rings. The molecule has 0 aromatic carbocycles. The summed E-state index contributed by atoms with van der Waals surface area (Å²) >= 11 is 0. The van der Waals surface area contributed by atoms with Crippen molar-refractivity contribution in [2.45, 2.75) is 51.7 Å². The van der Waals surface area contributed by atoms with Crippen molar-refractivity contribution >= 4 is 64.3 Å². The fourth-order valence-corrected chi connectivity index (χ4v) is 6.73. The number of hydrogen-bond donors (Lipinski definition) is 11. The van der Waals surface area contributed by atoms with Crippen molar-refractivity contribution in [2.24, 2.45) is 26.9 Å². The topological polar surface area (TPSA) is 327 Å². The Morgan fingerprint density at radius 2 is 1.31 bits per heavy atom. The summed E-state index contributed by atoms with van der Waals surface area (Å²) in [5, 5.41) is 24.4. The Morgan fingerprint density at radius 3 is 1.90 bits per heavy atom. The lowest BCUT2D eigenvalue weighted by Gasteiger charge is -2.21. The third-order valence-electron chi connectivity index (χ3n) is 10.2. The summed E-state index contributed by atoms with van der Waals surface area (Å²) in [6, 6.07) is 7.27. The molecule has 0 aliphatic rings. The average molecular weight is 939 g/mol. The van der Waals surface area contributed by atoms with Gasteiger partial charge in [0.05, 0.1) is 35.6 Å². The highest BCUT2D eigenvalue weighted by molar-refractivity contribution is 6.08. The Kier molecular flexibility index (Phi) is 18.3. The molecule has 24 nitrogen and oxygen atoms in total. The minimum absolute atomic E-state index is 0.0187. The van der Waals surface area contributed by atoms with Crippen LogP contribution in [0.1, 0.15) is 80.0 Å². The van der Waals surface area contributed by atoms with Crippen molar-refractivity contribution in [3.8, 4) is 0 Å². The largest absolute Gasteiger partial charge is 0.353 e. The summed E-state index contributed by atoms with van der Waals surface area (Å²) in [5.74, 6) is -4.07. The van der Waals surface area contributed by atoms with Crippen LogP contribution in [0, 0.1) is 0 Å². The number of aromatic nitrogens is 6. The minimum atomic E-state index is -1.12. The summed E-state index contributed by atoms with van der Waals surface area (Å²) in [6.45, 7) is 4.35. The molecule has 0 saturated carbocycles. The molecule has 2 atom stereocenters. The monoisotopic (exact) mass is 938 g/mol. The van der Waals surface area contributed by atoms with E-state index in [2.05, 4.69) is 62.8 Å². The lowest BCUT2D eigenvalue weighted by molar-refractivity contribution is -0.130. The van der Waals surface area contributed by atoms with Gasteiger partial charge in [-0.05, 0) is 43.7 Å². The Morgan fingerprint density at radius 1 is 0.706 bits per heavy atom. The van der Waals surface area contributed by atoms with Crippen molar-refractivity contribution in [3.63, 3.8) is 0 Å². The molecule has 8 amide bonds. The predicted octanol–water partition coefficient (Wildman–Crippen LogP) is -0.380. The molecule has 24 heteroatoms. The second-order valence-electron chi connectivity index (χ2n) is 15.7. The summed E-state index contributed by atoms with van der Waals surface area (Å²) in [5.41, 5.74) is 8.69. The molecule has 0 bridgehead atoms. The zero-order valence-electron chi connectivity index (χ0n) is 38.4. The van der Waals surface area contributed by atoms with E-state index in [1.807, 2.05) is 6.92 Å². The van der Waals surface area contributed by atoms with Gasteiger partial charge in [0.1, 0.15) is 34.9 Å². The van der Waals surface area contributed by atoms with E-state index in [9.17, 15) is 38.4 Å². The molecular formula is C44H58N16O8. The van der Waals surface area contributed by atoms with E-state index in [-0.39, 0.29) is 42.5 Å². The number of carbonyl (C=O) groups excluding carboxylic acids is 8. The minimum Gasteiger partial charge on any atom is -0.353 e. The van der Waals surface area contributed by atoms with Crippen LogP contribution in [-0.4, -0.2) is 121 Å². The highest BCUT2D eigenvalue weighted by Gasteiger charge is 2.27. The van der Waals surface area contributed by atoms with Gasteiger partial charge in [-0.1, -0.05) is 13.0 Å². The van der Waals surface area contributed by atoms with E-state index < -0.39 is 60.0 Å². The van der Waals surface area contributed by atoms with Crippen LogP contribution in [0.5, 0.6) is 0 Å². The van der Waals surface area contributed by atoms with E-state index >= 15 is 0 Å². The summed E-state index contributed by atoms with van der Waals surface area (Å²) < 4.78 is 4.64. The molecule has 5 rings (SSSR count). The number of imidazole rings is 1. The number of aryl methyl sites for hydroxylation is 3. The van der Waals surface area contributed by atoms with Gasteiger partial charge < -0.3 is 72.3 Å². The number of aromatic amines is 1. The molecule has 0 saturated heterocycles. The first-order valence-electron chi connectivity index (χ1n) is 21.7. The van der Waals surface area contributed by atoms with E-state index in [0.717, 1.165) is 0 Å². The van der Waals surface area contributed by atoms with E-state index in [4.69, 9.17) is 5.73 Å². The Balaban J connectivity index is 1.04. The molecule has 5 aromatic rings. The predicted molar refractivity (Wildman–Crippen MR) is 250 cm³/mol. The molecule has 12 N–H and O–H groups in total. The summed E-state index contributed by atoms with van der Waals surface area (Å²) in [7, 11) is 4.94. The quantitative estimate of drug-likeness (QED) is 0.0353. The van der Waals surface area contributed by atoms with Gasteiger partial charge in [0.15, 0.2) is 0 Å². The molecule has 362 valence electrons. The van der Waals surface area contributed by atoms with E-state index in [1.54, 1.807) is 62.5 Å². The Hall–Kier alpha value is -8.12. The maximum atomic E-state index is 13.4. The van der Waals surface area contributed by atoms with Gasteiger partial charge >= 0.3 is 0 Å². The number of nitrogens with zero attached hydrogens (tertiary/aromatic N) is 5. The zero-order valence-corrected chi connectivity index (χ0v) is 38.4. The van der Waals surface area contributed by atoms with Crippen LogP contribution in [0.3, 0.4) is 0 Å². The van der Waals surface area contributed by atoms with E-state index in [1.165, 1.54) is 46.8 Å². The van der Waals surface area contributed by atoms with Crippen LogP contribution in [-0.2, 0) is 53.3 Å². The normalized spacial score (nSPS) is 11.7. The first-order valence-corrected chi connectivity index (χ1v) is 21.7. The molecule has 68 heavy (non-hydrogen) atoms. The summed E-state index contributed by atoms with van der Waals surface area (Å²) in [6.07, 6.45) is 8.78. The fraction of sp³-hybridized carbons (Fsp3) is 0.364. The van der Waals surface area contributed by atoms with Crippen molar-refractivity contribution in [3.05, 3.63) is 102 Å². The van der Waals surface area contributed by atoms with Crippen LogP contribution in [0.2, 0.25) is 0 Å². The Bertz CT molecular complexity index is 2590. The highest BCUT2D eigenvalue weighted by atomic mass is 16.2. The number of carbonyl (C=O) groups is 8. The van der Waals surface area contributed by atoms with Crippen molar-refractivity contribution in [1.82, 2.24) is 60.6 Å². The zero-order chi connectivity index (χ0) is 49.3. The first kappa shape index (κ1) is 50.9.